The first-order valence-corrected chi connectivity index (χ1v) is 9.40. The summed E-state index contributed by atoms with van der Waals surface area (Å²) in [6.45, 7) is 9.17. The number of nitrogens with one attached hydrogen (secondary N) is 2. The van der Waals surface area contributed by atoms with E-state index in [9.17, 15) is 4.79 Å². The minimum atomic E-state index is 0.318. The molecule has 3 rings (SSSR count). The van der Waals surface area contributed by atoms with E-state index in [1.54, 1.807) is 0 Å². The van der Waals surface area contributed by atoms with E-state index in [1.807, 2.05) is 0 Å². The molecule has 0 bridgehead atoms. The van der Waals surface area contributed by atoms with E-state index in [-0.39, 0.29) is 0 Å². The van der Waals surface area contributed by atoms with Gasteiger partial charge in [0, 0.05) is 12.5 Å². The highest BCUT2D eigenvalue weighted by molar-refractivity contribution is 5.82. The van der Waals surface area contributed by atoms with Crippen molar-refractivity contribution < 1.29 is 4.79 Å². The van der Waals surface area contributed by atoms with E-state index >= 15 is 0 Å². The molecular weight excluding hydrogens is 274 g/mol. The number of hydrogen-bond donors (Lipinski definition) is 2. The zero-order valence-electron chi connectivity index (χ0n) is 14.2. The van der Waals surface area contributed by atoms with E-state index in [1.165, 1.54) is 51.7 Å². The van der Waals surface area contributed by atoms with Crippen LogP contribution in [0.4, 0.5) is 0 Å². The second-order valence-electron chi connectivity index (χ2n) is 7.89. The molecule has 3 aliphatic rings. The summed E-state index contributed by atoms with van der Waals surface area (Å²) in [6, 6.07) is 0. The number of carbonyl (C=O) groups excluding carboxylic acids is 1. The SMILES string of the molecule is CC1CCN(CCCCNC(=O)C2CC23CCNCC3)CC1. The highest BCUT2D eigenvalue weighted by atomic mass is 16.2. The normalized spacial score (nSPS) is 28.7. The van der Waals surface area contributed by atoms with Crippen LogP contribution in [-0.4, -0.2) is 50.1 Å². The van der Waals surface area contributed by atoms with Gasteiger partial charge in [-0.25, -0.2) is 0 Å². The van der Waals surface area contributed by atoms with Crippen molar-refractivity contribution in [1.29, 1.82) is 0 Å². The van der Waals surface area contributed by atoms with Crippen LogP contribution in [0.15, 0.2) is 0 Å². The van der Waals surface area contributed by atoms with Crippen molar-refractivity contribution in [2.75, 3.05) is 39.3 Å². The zero-order valence-corrected chi connectivity index (χ0v) is 14.2. The number of rotatable bonds is 6. The van der Waals surface area contributed by atoms with Gasteiger partial charge in [-0.3, -0.25) is 4.79 Å². The van der Waals surface area contributed by atoms with Crippen LogP contribution < -0.4 is 10.6 Å². The summed E-state index contributed by atoms with van der Waals surface area (Å²) in [4.78, 5) is 14.8. The molecule has 1 aliphatic carbocycles. The lowest BCUT2D eigenvalue weighted by molar-refractivity contribution is -0.123. The number of unbranched alkanes of at least 4 members (excludes halogenated alkanes) is 1. The fourth-order valence-electron chi connectivity index (χ4n) is 4.28. The van der Waals surface area contributed by atoms with E-state index in [0.717, 1.165) is 38.4 Å². The second-order valence-corrected chi connectivity index (χ2v) is 7.89. The fourth-order valence-corrected chi connectivity index (χ4v) is 4.28. The van der Waals surface area contributed by atoms with Gasteiger partial charge in [0.15, 0.2) is 0 Å². The highest BCUT2D eigenvalue weighted by Crippen LogP contribution is 2.58. The van der Waals surface area contributed by atoms with Gasteiger partial charge in [0.1, 0.15) is 0 Å². The van der Waals surface area contributed by atoms with Crippen molar-refractivity contribution in [3.05, 3.63) is 0 Å². The smallest absolute Gasteiger partial charge is 0.223 e. The number of likely N-dealkylation sites (tertiary alicyclic amines) is 1. The molecule has 0 aromatic carbocycles. The Bertz CT molecular complexity index is 371. The van der Waals surface area contributed by atoms with Crippen molar-refractivity contribution in [1.82, 2.24) is 15.5 Å². The summed E-state index contributed by atoms with van der Waals surface area (Å²) in [5.41, 5.74) is 0.375. The summed E-state index contributed by atoms with van der Waals surface area (Å²) in [5, 5.41) is 6.58. The molecular formula is C18H33N3O. The third-order valence-corrected chi connectivity index (χ3v) is 6.18. The van der Waals surface area contributed by atoms with Gasteiger partial charge in [0.2, 0.25) is 5.91 Å². The Balaban J connectivity index is 1.24. The summed E-state index contributed by atoms with van der Waals surface area (Å²) < 4.78 is 0. The molecule has 1 atom stereocenters. The van der Waals surface area contributed by atoms with Gasteiger partial charge in [0.25, 0.3) is 0 Å². The van der Waals surface area contributed by atoms with E-state index < -0.39 is 0 Å². The van der Waals surface area contributed by atoms with Crippen molar-refractivity contribution >= 4 is 5.91 Å². The zero-order chi connectivity index (χ0) is 15.4. The molecule has 1 amide bonds. The van der Waals surface area contributed by atoms with Crippen LogP contribution in [-0.2, 0) is 4.79 Å². The fraction of sp³-hybridized carbons (Fsp3) is 0.944. The van der Waals surface area contributed by atoms with Gasteiger partial charge in [-0.2, -0.15) is 0 Å². The number of carbonyl (C=O) groups is 1. The Morgan fingerprint density at radius 3 is 2.68 bits per heavy atom. The standard InChI is InChI=1S/C18H33N3O/c1-15-4-12-21(13-5-15)11-3-2-8-20-17(22)16-14-18(16)6-9-19-10-7-18/h15-16,19H,2-14H2,1H3,(H,20,22). The Labute approximate surface area is 135 Å². The quantitative estimate of drug-likeness (QED) is 0.738. The predicted octanol–water partition coefficient (Wildman–Crippen LogP) is 2.00. The van der Waals surface area contributed by atoms with E-state index in [2.05, 4.69) is 22.5 Å². The number of amides is 1. The van der Waals surface area contributed by atoms with Crippen molar-refractivity contribution in [3.8, 4) is 0 Å². The summed E-state index contributed by atoms with van der Waals surface area (Å²) >= 11 is 0. The Hall–Kier alpha value is -0.610. The Kier molecular flexibility index (Phi) is 5.40. The largest absolute Gasteiger partial charge is 0.356 e. The minimum absolute atomic E-state index is 0.318. The lowest BCUT2D eigenvalue weighted by Crippen LogP contribution is -2.35. The number of nitrogens with zero attached hydrogens (tertiary/aromatic N) is 1. The lowest BCUT2D eigenvalue weighted by atomic mass is 9.92. The van der Waals surface area contributed by atoms with Crippen LogP contribution in [0, 0.1) is 17.3 Å². The average molecular weight is 307 g/mol. The first kappa shape index (κ1) is 16.3. The van der Waals surface area contributed by atoms with E-state index in [0.29, 0.717) is 17.2 Å². The molecule has 3 fully saturated rings. The molecule has 4 heteroatoms. The molecule has 0 aromatic rings. The molecule has 2 heterocycles. The first-order chi connectivity index (χ1) is 10.7. The molecule has 4 nitrogen and oxygen atoms in total. The van der Waals surface area contributed by atoms with Crippen molar-refractivity contribution in [3.63, 3.8) is 0 Å². The van der Waals surface area contributed by atoms with Crippen molar-refractivity contribution in [2.24, 2.45) is 17.3 Å². The highest BCUT2D eigenvalue weighted by Gasteiger charge is 2.57. The monoisotopic (exact) mass is 307 g/mol. The van der Waals surface area contributed by atoms with Gasteiger partial charge in [-0.05, 0) is 89.0 Å². The second kappa shape index (κ2) is 7.31. The Morgan fingerprint density at radius 1 is 1.23 bits per heavy atom. The number of hydrogen-bond acceptors (Lipinski definition) is 3. The van der Waals surface area contributed by atoms with Crippen LogP contribution in [0.1, 0.15) is 51.9 Å². The van der Waals surface area contributed by atoms with Crippen LogP contribution in [0.5, 0.6) is 0 Å². The van der Waals surface area contributed by atoms with Crippen LogP contribution in [0.2, 0.25) is 0 Å². The molecule has 1 unspecified atom stereocenters. The molecule has 1 spiro atoms. The molecule has 2 saturated heterocycles. The average Bonchev–Trinajstić information content (AvgIpc) is 3.22. The van der Waals surface area contributed by atoms with Crippen LogP contribution >= 0.6 is 0 Å². The van der Waals surface area contributed by atoms with Gasteiger partial charge in [0.05, 0.1) is 0 Å². The molecule has 2 aliphatic heterocycles. The molecule has 0 aromatic heterocycles. The first-order valence-electron chi connectivity index (χ1n) is 9.40. The predicted molar refractivity (Wildman–Crippen MR) is 89.7 cm³/mol. The van der Waals surface area contributed by atoms with Crippen molar-refractivity contribution in [2.45, 2.75) is 51.9 Å². The van der Waals surface area contributed by atoms with Gasteiger partial charge in [-0.1, -0.05) is 6.92 Å². The molecule has 126 valence electrons. The summed E-state index contributed by atoms with van der Waals surface area (Å²) in [5.74, 6) is 1.56. The molecule has 2 N–H and O–H groups in total. The van der Waals surface area contributed by atoms with Crippen LogP contribution in [0.25, 0.3) is 0 Å². The lowest BCUT2D eigenvalue weighted by Gasteiger charge is -2.30. The topological polar surface area (TPSA) is 44.4 Å². The Morgan fingerprint density at radius 2 is 1.95 bits per heavy atom. The third kappa shape index (κ3) is 4.02. The number of piperidine rings is 2. The molecule has 22 heavy (non-hydrogen) atoms. The maximum Gasteiger partial charge on any atom is 0.223 e. The van der Waals surface area contributed by atoms with Gasteiger partial charge in [-0.15, -0.1) is 0 Å². The van der Waals surface area contributed by atoms with Crippen LogP contribution in [0.3, 0.4) is 0 Å². The van der Waals surface area contributed by atoms with Gasteiger partial charge >= 0.3 is 0 Å². The van der Waals surface area contributed by atoms with E-state index in [4.69, 9.17) is 0 Å². The third-order valence-electron chi connectivity index (χ3n) is 6.18. The maximum atomic E-state index is 12.2. The maximum absolute atomic E-state index is 12.2. The summed E-state index contributed by atoms with van der Waals surface area (Å²) in [7, 11) is 0. The van der Waals surface area contributed by atoms with Gasteiger partial charge < -0.3 is 15.5 Å². The minimum Gasteiger partial charge on any atom is -0.356 e. The summed E-state index contributed by atoms with van der Waals surface area (Å²) in [6.07, 6.45) is 8.57. The molecule has 1 saturated carbocycles. The molecule has 0 radical (unpaired) electrons.